The second kappa shape index (κ2) is 5.13. The van der Waals surface area contributed by atoms with Gasteiger partial charge in [0, 0.05) is 17.8 Å². The first kappa shape index (κ1) is 10.4. The predicted molar refractivity (Wildman–Crippen MR) is 57.8 cm³/mol. The van der Waals surface area contributed by atoms with Gasteiger partial charge in [-0.1, -0.05) is 20.3 Å². The van der Waals surface area contributed by atoms with E-state index in [1.165, 1.54) is 24.3 Å². The van der Waals surface area contributed by atoms with E-state index in [1.807, 2.05) is 0 Å². The molecule has 1 nitrogen and oxygen atoms in total. The van der Waals surface area contributed by atoms with Gasteiger partial charge in [0.05, 0.1) is 0 Å². The molecule has 1 rings (SSSR count). The summed E-state index contributed by atoms with van der Waals surface area (Å²) >= 11 is 2.11. The van der Waals surface area contributed by atoms with Crippen LogP contribution < -0.4 is 5.32 Å². The third-order valence-electron chi connectivity index (χ3n) is 2.82. The van der Waals surface area contributed by atoms with E-state index in [4.69, 9.17) is 0 Å². The van der Waals surface area contributed by atoms with Gasteiger partial charge in [0.2, 0.25) is 0 Å². The van der Waals surface area contributed by atoms with Gasteiger partial charge in [-0.15, -0.1) is 0 Å². The van der Waals surface area contributed by atoms with Gasteiger partial charge in [-0.2, -0.15) is 11.8 Å². The van der Waals surface area contributed by atoms with E-state index in [9.17, 15) is 0 Å². The highest BCUT2D eigenvalue weighted by Crippen LogP contribution is 2.19. The minimum Gasteiger partial charge on any atom is -0.310 e. The maximum Gasteiger partial charge on any atom is 0.0186 e. The maximum absolute atomic E-state index is 3.71. The molecule has 1 aliphatic rings. The van der Waals surface area contributed by atoms with E-state index in [0.29, 0.717) is 0 Å². The highest BCUT2D eigenvalue weighted by Gasteiger charge is 2.20. The molecule has 3 atom stereocenters. The molecule has 72 valence electrons. The number of thioether (sulfide) groups is 1. The summed E-state index contributed by atoms with van der Waals surface area (Å²) in [6.45, 7) is 6.95. The Bertz CT molecular complexity index is 127. The minimum absolute atomic E-state index is 0.721. The Morgan fingerprint density at radius 3 is 3.00 bits per heavy atom. The van der Waals surface area contributed by atoms with Crippen LogP contribution in [0, 0.1) is 5.92 Å². The van der Waals surface area contributed by atoms with E-state index in [0.717, 1.165) is 18.0 Å². The first-order valence-electron chi connectivity index (χ1n) is 5.07. The highest BCUT2D eigenvalue weighted by molar-refractivity contribution is 7.99. The predicted octanol–water partition coefficient (Wildman–Crippen LogP) is 2.52. The van der Waals surface area contributed by atoms with Gasteiger partial charge in [0.25, 0.3) is 0 Å². The van der Waals surface area contributed by atoms with Gasteiger partial charge in [-0.25, -0.2) is 0 Å². The van der Waals surface area contributed by atoms with Crippen LogP contribution in [0.5, 0.6) is 0 Å². The molecule has 0 saturated carbocycles. The molecule has 0 aromatic carbocycles. The average molecular weight is 187 g/mol. The van der Waals surface area contributed by atoms with Crippen LogP contribution in [0.4, 0.5) is 0 Å². The fourth-order valence-electron chi connectivity index (χ4n) is 1.58. The van der Waals surface area contributed by atoms with Crippen LogP contribution in [0.25, 0.3) is 0 Å². The molecule has 0 aromatic rings. The van der Waals surface area contributed by atoms with Crippen molar-refractivity contribution in [3.05, 3.63) is 0 Å². The van der Waals surface area contributed by atoms with Gasteiger partial charge in [0.1, 0.15) is 0 Å². The maximum atomic E-state index is 3.71. The van der Waals surface area contributed by atoms with Crippen LogP contribution >= 0.6 is 11.8 Å². The lowest BCUT2D eigenvalue weighted by Crippen LogP contribution is -2.40. The summed E-state index contributed by atoms with van der Waals surface area (Å²) in [4.78, 5) is 0. The van der Waals surface area contributed by atoms with Crippen LogP contribution in [0.2, 0.25) is 0 Å². The van der Waals surface area contributed by atoms with Crippen molar-refractivity contribution >= 4 is 11.8 Å². The highest BCUT2D eigenvalue weighted by atomic mass is 32.2. The summed E-state index contributed by atoms with van der Waals surface area (Å²) in [5, 5.41) is 3.71. The summed E-state index contributed by atoms with van der Waals surface area (Å²) in [6.07, 6.45) is 2.63. The molecule has 0 aromatic heterocycles. The number of rotatable bonds is 2. The summed E-state index contributed by atoms with van der Waals surface area (Å²) < 4.78 is 0. The van der Waals surface area contributed by atoms with Crippen LogP contribution in [0.15, 0.2) is 0 Å². The van der Waals surface area contributed by atoms with Crippen LogP contribution in [0.3, 0.4) is 0 Å². The molecule has 0 spiro atoms. The van der Waals surface area contributed by atoms with Crippen molar-refractivity contribution < 1.29 is 0 Å². The second-order valence-corrected chi connectivity index (χ2v) is 5.07. The monoisotopic (exact) mass is 187 g/mol. The molecule has 0 bridgehead atoms. The molecule has 1 heterocycles. The molecular weight excluding hydrogens is 166 g/mol. The third kappa shape index (κ3) is 2.98. The fraction of sp³-hybridized carbons (Fsp3) is 1.00. The van der Waals surface area contributed by atoms with Crippen molar-refractivity contribution in [3.63, 3.8) is 0 Å². The zero-order valence-electron chi connectivity index (χ0n) is 8.47. The van der Waals surface area contributed by atoms with Gasteiger partial charge in [-0.05, 0) is 25.0 Å². The summed E-state index contributed by atoms with van der Waals surface area (Å²) in [6, 6.07) is 1.47. The van der Waals surface area contributed by atoms with E-state index < -0.39 is 0 Å². The summed E-state index contributed by atoms with van der Waals surface area (Å²) in [7, 11) is 0. The lowest BCUT2D eigenvalue weighted by molar-refractivity contribution is 0.363. The Kier molecular flexibility index (Phi) is 4.44. The SMILES string of the molecule is CCC(C)C1CSCCC(C)N1. The Balaban J connectivity index is 2.40. The van der Waals surface area contributed by atoms with Gasteiger partial charge < -0.3 is 5.32 Å². The van der Waals surface area contributed by atoms with Gasteiger partial charge >= 0.3 is 0 Å². The molecule has 3 unspecified atom stereocenters. The van der Waals surface area contributed by atoms with E-state index in [1.54, 1.807) is 0 Å². The lowest BCUT2D eigenvalue weighted by atomic mass is 10.00. The van der Waals surface area contributed by atoms with Crippen molar-refractivity contribution in [2.45, 2.75) is 45.7 Å². The van der Waals surface area contributed by atoms with Crippen molar-refractivity contribution in [2.24, 2.45) is 5.92 Å². The Morgan fingerprint density at radius 1 is 1.58 bits per heavy atom. The molecule has 1 N–H and O–H groups in total. The van der Waals surface area contributed by atoms with E-state index in [2.05, 4.69) is 37.8 Å². The number of hydrogen-bond acceptors (Lipinski definition) is 2. The summed E-state index contributed by atoms with van der Waals surface area (Å²) in [5.74, 6) is 3.47. The average Bonchev–Trinajstić information content (AvgIpc) is 2.28. The standard InChI is InChI=1S/C10H21NS/c1-4-8(2)10-7-12-6-5-9(3)11-10/h8-11H,4-7H2,1-3H3. The first-order valence-corrected chi connectivity index (χ1v) is 6.23. The van der Waals surface area contributed by atoms with Crippen molar-refractivity contribution in [1.82, 2.24) is 5.32 Å². The Morgan fingerprint density at radius 2 is 2.33 bits per heavy atom. The number of hydrogen-bond donors (Lipinski definition) is 1. The molecule has 0 aliphatic carbocycles. The number of nitrogens with one attached hydrogen (secondary N) is 1. The molecule has 1 saturated heterocycles. The Labute approximate surface area is 80.7 Å². The van der Waals surface area contributed by atoms with Crippen LogP contribution in [-0.2, 0) is 0 Å². The molecular formula is C10H21NS. The van der Waals surface area contributed by atoms with Crippen molar-refractivity contribution in [1.29, 1.82) is 0 Å². The smallest absolute Gasteiger partial charge is 0.0186 e. The first-order chi connectivity index (χ1) is 5.74. The molecule has 0 radical (unpaired) electrons. The lowest BCUT2D eigenvalue weighted by Gasteiger charge is -2.24. The zero-order valence-corrected chi connectivity index (χ0v) is 9.29. The van der Waals surface area contributed by atoms with Crippen molar-refractivity contribution in [3.8, 4) is 0 Å². The quantitative estimate of drug-likeness (QED) is 0.713. The van der Waals surface area contributed by atoms with Crippen LogP contribution in [-0.4, -0.2) is 23.6 Å². The van der Waals surface area contributed by atoms with Crippen LogP contribution in [0.1, 0.15) is 33.6 Å². The molecule has 1 aliphatic heterocycles. The van der Waals surface area contributed by atoms with Crippen molar-refractivity contribution in [2.75, 3.05) is 11.5 Å². The minimum atomic E-state index is 0.721. The topological polar surface area (TPSA) is 12.0 Å². The van der Waals surface area contributed by atoms with Gasteiger partial charge in [0.15, 0.2) is 0 Å². The largest absolute Gasteiger partial charge is 0.310 e. The zero-order chi connectivity index (χ0) is 8.97. The normalized spacial score (nSPS) is 34.2. The Hall–Kier alpha value is 0.310. The van der Waals surface area contributed by atoms with E-state index in [-0.39, 0.29) is 0 Å². The molecule has 12 heavy (non-hydrogen) atoms. The third-order valence-corrected chi connectivity index (χ3v) is 3.94. The summed E-state index contributed by atoms with van der Waals surface area (Å²) in [5.41, 5.74) is 0. The van der Waals surface area contributed by atoms with E-state index >= 15 is 0 Å². The molecule has 1 fully saturated rings. The molecule has 0 amide bonds. The fourth-order valence-corrected chi connectivity index (χ4v) is 2.95. The second-order valence-electron chi connectivity index (χ2n) is 3.92. The van der Waals surface area contributed by atoms with Gasteiger partial charge in [-0.3, -0.25) is 0 Å². The molecule has 2 heteroatoms.